The van der Waals surface area contributed by atoms with Crippen molar-refractivity contribution in [2.45, 2.75) is 38.7 Å². The number of esters is 1. The predicted molar refractivity (Wildman–Crippen MR) is 125 cm³/mol. The van der Waals surface area contributed by atoms with Crippen LogP contribution in [0.15, 0.2) is 29.0 Å². The van der Waals surface area contributed by atoms with Crippen LogP contribution in [0, 0.1) is 11.8 Å². The normalized spacial score (nSPS) is 25.0. The Hall–Kier alpha value is -4.15. The molecular formula is C25H26N2O9. The van der Waals surface area contributed by atoms with Gasteiger partial charge in [0.05, 0.1) is 5.56 Å². The van der Waals surface area contributed by atoms with E-state index in [1.165, 1.54) is 6.07 Å². The van der Waals surface area contributed by atoms with Crippen LogP contribution in [0.1, 0.15) is 37.8 Å². The number of nitrogens with one attached hydrogen (secondary N) is 1. The molecular weight excluding hydrogens is 472 g/mol. The van der Waals surface area contributed by atoms with Crippen molar-refractivity contribution in [3.05, 3.63) is 40.2 Å². The molecule has 0 spiro atoms. The van der Waals surface area contributed by atoms with Gasteiger partial charge < -0.3 is 25.0 Å². The number of amides is 2. The van der Waals surface area contributed by atoms with Crippen molar-refractivity contribution < 1.29 is 44.0 Å². The number of aliphatic hydroxyl groups excluding tert-OH is 2. The first-order chi connectivity index (χ1) is 16.8. The summed E-state index contributed by atoms with van der Waals surface area (Å²) in [7, 11) is 3.58. The number of rotatable bonds is 3. The molecule has 190 valence electrons. The number of Topliss-reactive ketones (excluding diaryl/α,β-unsaturated/α-hetero) is 2. The van der Waals surface area contributed by atoms with Crippen molar-refractivity contribution >= 4 is 40.8 Å². The fourth-order valence-electron chi connectivity index (χ4n) is 5.61. The largest absolute Gasteiger partial charge is 0.507 e. The van der Waals surface area contributed by atoms with Gasteiger partial charge in [-0.3, -0.25) is 29.3 Å². The molecule has 3 atom stereocenters. The molecule has 0 aliphatic heterocycles. The Bertz CT molecular complexity index is 1310. The lowest BCUT2D eigenvalue weighted by molar-refractivity contribution is -0.175. The lowest BCUT2D eigenvalue weighted by Crippen LogP contribution is -2.60. The van der Waals surface area contributed by atoms with Crippen LogP contribution in [0.2, 0.25) is 0 Å². The molecule has 4 N–H and O–H groups in total. The minimum Gasteiger partial charge on any atom is -0.507 e. The quantitative estimate of drug-likeness (QED) is 0.351. The van der Waals surface area contributed by atoms with E-state index in [1.54, 1.807) is 25.1 Å². The number of nitrogens with zero attached hydrogens (tertiary/aromatic N) is 1. The zero-order valence-corrected chi connectivity index (χ0v) is 20.2. The smallest absolute Gasteiger partial charge is 0.304 e. The van der Waals surface area contributed by atoms with Crippen LogP contribution in [0.25, 0.3) is 5.76 Å². The van der Waals surface area contributed by atoms with Gasteiger partial charge in [-0.25, -0.2) is 0 Å². The van der Waals surface area contributed by atoms with E-state index in [0.29, 0.717) is 11.3 Å². The third kappa shape index (κ3) is 3.53. The predicted octanol–water partition coefficient (Wildman–Crippen LogP) is 1.24. The highest BCUT2D eigenvalue weighted by molar-refractivity contribution is 6.25. The molecule has 1 saturated carbocycles. The van der Waals surface area contributed by atoms with Crippen LogP contribution >= 0.6 is 0 Å². The summed E-state index contributed by atoms with van der Waals surface area (Å²) >= 11 is 0. The summed E-state index contributed by atoms with van der Waals surface area (Å²) in [5, 5.41) is 34.8. The first-order valence-electron chi connectivity index (χ1n) is 11.3. The number of phenols is 1. The zero-order chi connectivity index (χ0) is 26.7. The van der Waals surface area contributed by atoms with Gasteiger partial charge >= 0.3 is 5.97 Å². The van der Waals surface area contributed by atoms with Gasteiger partial charge in [-0.15, -0.1) is 0 Å². The molecule has 1 aromatic carbocycles. The van der Waals surface area contributed by atoms with E-state index in [9.17, 15) is 39.3 Å². The summed E-state index contributed by atoms with van der Waals surface area (Å²) in [6.07, 6.45) is -0.134. The van der Waals surface area contributed by atoms with Crippen molar-refractivity contribution in [3.8, 4) is 5.75 Å². The first-order valence-corrected chi connectivity index (χ1v) is 11.3. The van der Waals surface area contributed by atoms with E-state index >= 15 is 0 Å². The van der Waals surface area contributed by atoms with Gasteiger partial charge in [0.15, 0.2) is 11.5 Å². The van der Waals surface area contributed by atoms with Gasteiger partial charge in [0.2, 0.25) is 17.3 Å². The van der Waals surface area contributed by atoms with Crippen molar-refractivity contribution in [1.29, 1.82) is 0 Å². The lowest BCUT2D eigenvalue weighted by atomic mass is 9.59. The second-order valence-electron chi connectivity index (χ2n) is 9.47. The molecule has 11 nitrogen and oxygen atoms in total. The van der Waals surface area contributed by atoms with E-state index < -0.39 is 70.3 Å². The molecule has 3 unspecified atom stereocenters. The Labute approximate surface area is 206 Å². The molecule has 1 fully saturated rings. The summed E-state index contributed by atoms with van der Waals surface area (Å²) in [5.74, 6) is -8.33. The average Bonchev–Trinajstić information content (AvgIpc) is 2.74. The molecule has 1 aromatic rings. The topological polar surface area (TPSA) is 171 Å². The van der Waals surface area contributed by atoms with Crippen LogP contribution in [0.4, 0.5) is 5.69 Å². The maximum Gasteiger partial charge on any atom is 0.304 e. The van der Waals surface area contributed by atoms with Gasteiger partial charge in [0.25, 0.3) is 5.91 Å². The number of ether oxygens (including phenoxy) is 1. The molecule has 4 rings (SSSR count). The second kappa shape index (κ2) is 8.51. The lowest BCUT2D eigenvalue weighted by Gasteiger charge is -2.48. The fourth-order valence-corrected chi connectivity index (χ4v) is 5.61. The number of hydrogen-bond acceptors (Lipinski definition) is 10. The minimum atomic E-state index is -2.45. The van der Waals surface area contributed by atoms with Crippen LogP contribution < -0.4 is 10.2 Å². The highest BCUT2D eigenvalue weighted by atomic mass is 16.6. The SMILES string of the molecule is CC(=O)NC(=O)C1=C(O)C2(OC(C)=O)C(=O)C3=C(O)c4c(O)ccc(N(C)C)c4CC3CC2CC1=O. The van der Waals surface area contributed by atoms with Crippen molar-refractivity contribution in [2.75, 3.05) is 19.0 Å². The van der Waals surface area contributed by atoms with Gasteiger partial charge in [-0.05, 0) is 36.5 Å². The summed E-state index contributed by atoms with van der Waals surface area (Å²) in [6.45, 7) is 2.03. The Balaban J connectivity index is 1.97. The number of imide groups is 1. The molecule has 2 amide bonds. The molecule has 11 heteroatoms. The number of benzene rings is 1. The van der Waals surface area contributed by atoms with E-state index in [0.717, 1.165) is 13.8 Å². The third-order valence-corrected chi connectivity index (χ3v) is 6.95. The number of carbonyl (C=O) groups is 5. The molecule has 3 aliphatic carbocycles. The molecule has 36 heavy (non-hydrogen) atoms. The highest BCUT2D eigenvalue weighted by Gasteiger charge is 2.63. The van der Waals surface area contributed by atoms with E-state index in [2.05, 4.69) is 0 Å². The monoisotopic (exact) mass is 498 g/mol. The van der Waals surface area contributed by atoms with Crippen LogP contribution in [0.5, 0.6) is 5.75 Å². The zero-order valence-electron chi connectivity index (χ0n) is 20.2. The van der Waals surface area contributed by atoms with Crippen molar-refractivity contribution in [3.63, 3.8) is 0 Å². The number of aliphatic hydroxyl groups is 2. The summed E-state index contributed by atoms with van der Waals surface area (Å²) in [6, 6.07) is 3.06. The molecule has 0 radical (unpaired) electrons. The summed E-state index contributed by atoms with van der Waals surface area (Å²) in [4.78, 5) is 64.8. The van der Waals surface area contributed by atoms with Gasteiger partial charge in [0.1, 0.15) is 17.1 Å². The summed E-state index contributed by atoms with van der Waals surface area (Å²) in [5.41, 5.74) is -2.13. The van der Waals surface area contributed by atoms with Gasteiger partial charge in [-0.2, -0.15) is 0 Å². The molecule has 3 aliphatic rings. The number of aromatic hydroxyl groups is 1. The van der Waals surface area contributed by atoms with Gasteiger partial charge in [0, 0.05) is 51.5 Å². The van der Waals surface area contributed by atoms with E-state index in [1.807, 2.05) is 5.32 Å². The second-order valence-corrected chi connectivity index (χ2v) is 9.47. The Morgan fingerprint density at radius 1 is 1.08 bits per heavy atom. The molecule has 0 aromatic heterocycles. The third-order valence-electron chi connectivity index (χ3n) is 6.95. The van der Waals surface area contributed by atoms with Crippen LogP contribution in [-0.2, 0) is 35.1 Å². The Morgan fingerprint density at radius 3 is 2.33 bits per heavy atom. The maximum absolute atomic E-state index is 14.0. The van der Waals surface area contributed by atoms with Gasteiger partial charge in [-0.1, -0.05) is 0 Å². The highest BCUT2D eigenvalue weighted by Crippen LogP contribution is 2.54. The number of ketones is 2. The number of anilines is 1. The summed E-state index contributed by atoms with van der Waals surface area (Å²) < 4.78 is 5.39. The standard InChI is InChI=1S/C25H26N2O9/c1-10(28)26-24(35)20-17(31)9-13-7-12-8-14-15(27(3)4)5-6-16(30)19(14)21(32)18(12)22(33)25(13,23(20)34)36-11(2)29/h5-6,12-13,30,32,34H,7-9H2,1-4H3,(H,26,28,35). The number of fused-ring (bicyclic) bond motifs is 3. The van der Waals surface area contributed by atoms with E-state index in [4.69, 9.17) is 4.74 Å². The number of carbonyl (C=O) groups excluding carboxylic acids is 5. The van der Waals surface area contributed by atoms with E-state index in [-0.39, 0.29) is 29.7 Å². The molecule has 0 heterocycles. The first kappa shape index (κ1) is 25.0. The van der Waals surface area contributed by atoms with Crippen LogP contribution in [-0.4, -0.2) is 64.4 Å². The van der Waals surface area contributed by atoms with Crippen molar-refractivity contribution in [2.24, 2.45) is 11.8 Å². The number of phenolic OH excluding ortho intramolecular Hbond substituents is 1. The van der Waals surface area contributed by atoms with Crippen LogP contribution in [0.3, 0.4) is 0 Å². The number of hydrogen-bond donors (Lipinski definition) is 4. The minimum absolute atomic E-state index is 0.0436. The fraction of sp³-hybridized carbons (Fsp3) is 0.400. The Kier molecular flexibility index (Phi) is 5.90. The molecule has 0 bridgehead atoms. The Morgan fingerprint density at radius 2 is 1.75 bits per heavy atom. The van der Waals surface area contributed by atoms with Crippen molar-refractivity contribution in [1.82, 2.24) is 5.32 Å². The molecule has 0 saturated heterocycles. The maximum atomic E-state index is 14.0. The average molecular weight is 498 g/mol.